The Labute approximate surface area is 108 Å². The fraction of sp³-hybridized carbons (Fsp3) is 0.538. The molecule has 4 heteroatoms. The number of nitrogens with one attached hydrogen (secondary N) is 1. The van der Waals surface area contributed by atoms with Crippen LogP contribution < -0.4 is 10.1 Å². The Kier molecular flexibility index (Phi) is 7.01. The van der Waals surface area contributed by atoms with Gasteiger partial charge < -0.3 is 15.2 Å². The zero-order valence-corrected chi connectivity index (χ0v) is 11.0. The number of hydrogen-bond acceptors (Lipinski definition) is 3. The largest absolute Gasteiger partial charge is 0.492 e. The Morgan fingerprint density at radius 3 is 2.82 bits per heavy atom. The summed E-state index contributed by atoms with van der Waals surface area (Å²) in [6.45, 7) is 4.63. The lowest BCUT2D eigenvalue weighted by Gasteiger charge is -2.09. The molecule has 1 rings (SSSR count). The molecule has 96 valence electrons. The van der Waals surface area contributed by atoms with Gasteiger partial charge in [-0.25, -0.2) is 0 Å². The van der Waals surface area contributed by atoms with E-state index in [2.05, 4.69) is 12.2 Å². The second kappa shape index (κ2) is 8.34. The Morgan fingerprint density at radius 2 is 2.18 bits per heavy atom. The molecule has 0 saturated carbocycles. The Hall–Kier alpha value is -0.770. The maximum atomic E-state index is 8.65. The van der Waals surface area contributed by atoms with Gasteiger partial charge in [0.25, 0.3) is 0 Å². The summed E-state index contributed by atoms with van der Waals surface area (Å²) >= 11 is 6.12. The molecule has 17 heavy (non-hydrogen) atoms. The van der Waals surface area contributed by atoms with Crippen molar-refractivity contribution in [1.82, 2.24) is 5.32 Å². The first-order valence-electron chi connectivity index (χ1n) is 6.00. The predicted octanol–water partition coefficient (Wildman–Crippen LogP) is 2.60. The Bertz CT molecular complexity index is 331. The minimum atomic E-state index is 0.207. The molecule has 1 aromatic rings. The van der Waals surface area contributed by atoms with E-state index in [1.54, 1.807) is 0 Å². The zero-order chi connectivity index (χ0) is 12.5. The van der Waals surface area contributed by atoms with Crippen LogP contribution in [0.25, 0.3) is 0 Å². The lowest BCUT2D eigenvalue weighted by Crippen LogP contribution is -2.11. The third-order valence-electron chi connectivity index (χ3n) is 2.39. The van der Waals surface area contributed by atoms with Crippen molar-refractivity contribution < 1.29 is 9.84 Å². The second-order valence-electron chi connectivity index (χ2n) is 3.82. The summed E-state index contributed by atoms with van der Waals surface area (Å²) in [5.41, 5.74) is 1.15. The van der Waals surface area contributed by atoms with Crippen LogP contribution >= 0.6 is 11.6 Å². The monoisotopic (exact) mass is 257 g/mol. The highest BCUT2D eigenvalue weighted by atomic mass is 35.5. The van der Waals surface area contributed by atoms with Gasteiger partial charge in [-0.2, -0.15) is 0 Å². The molecule has 0 aliphatic carbocycles. The molecule has 3 nitrogen and oxygen atoms in total. The van der Waals surface area contributed by atoms with Crippen LogP contribution in [0.5, 0.6) is 5.75 Å². The van der Waals surface area contributed by atoms with E-state index < -0.39 is 0 Å². The van der Waals surface area contributed by atoms with Gasteiger partial charge in [-0.1, -0.05) is 24.6 Å². The molecule has 2 N–H and O–H groups in total. The third kappa shape index (κ3) is 5.39. The van der Waals surface area contributed by atoms with Gasteiger partial charge in [0, 0.05) is 13.2 Å². The first-order chi connectivity index (χ1) is 8.27. The van der Waals surface area contributed by atoms with E-state index in [-0.39, 0.29) is 6.61 Å². The molecule has 0 atom stereocenters. The van der Waals surface area contributed by atoms with Crippen molar-refractivity contribution in [3.05, 3.63) is 28.8 Å². The van der Waals surface area contributed by atoms with Crippen molar-refractivity contribution in [3.8, 4) is 5.75 Å². The molecule has 0 unspecified atom stereocenters. The molecule has 0 fully saturated rings. The van der Waals surface area contributed by atoms with E-state index in [0.29, 0.717) is 17.4 Å². The summed E-state index contributed by atoms with van der Waals surface area (Å²) in [4.78, 5) is 0. The van der Waals surface area contributed by atoms with Crippen LogP contribution in [0.3, 0.4) is 0 Å². The highest BCUT2D eigenvalue weighted by Gasteiger charge is 2.02. The van der Waals surface area contributed by atoms with Gasteiger partial charge in [0.2, 0.25) is 0 Å². The number of aliphatic hydroxyl groups excluding tert-OH is 1. The van der Waals surface area contributed by atoms with Crippen molar-refractivity contribution in [2.75, 3.05) is 19.8 Å². The lowest BCUT2D eigenvalue weighted by molar-refractivity contribution is 0.253. The van der Waals surface area contributed by atoms with Crippen LogP contribution in [0.1, 0.15) is 25.3 Å². The maximum absolute atomic E-state index is 8.65. The van der Waals surface area contributed by atoms with Crippen molar-refractivity contribution in [2.45, 2.75) is 26.3 Å². The number of rotatable bonds is 8. The van der Waals surface area contributed by atoms with Crippen LogP contribution in [0.2, 0.25) is 5.02 Å². The molecule has 0 saturated heterocycles. The van der Waals surface area contributed by atoms with E-state index >= 15 is 0 Å². The number of halogens is 1. The number of aliphatic hydroxyl groups is 1. The Morgan fingerprint density at radius 1 is 1.35 bits per heavy atom. The molecule has 0 radical (unpaired) electrons. The van der Waals surface area contributed by atoms with E-state index in [0.717, 1.165) is 31.5 Å². The molecular formula is C13H20ClNO2. The van der Waals surface area contributed by atoms with Crippen LogP contribution in [-0.2, 0) is 6.54 Å². The number of benzene rings is 1. The highest BCUT2D eigenvalue weighted by Crippen LogP contribution is 2.25. The molecule has 0 heterocycles. The van der Waals surface area contributed by atoms with Crippen molar-refractivity contribution in [2.24, 2.45) is 0 Å². The molecule has 1 aromatic carbocycles. The van der Waals surface area contributed by atoms with Crippen LogP contribution in [0, 0.1) is 0 Å². The highest BCUT2D eigenvalue weighted by molar-refractivity contribution is 6.32. The van der Waals surface area contributed by atoms with Crippen LogP contribution in [0.15, 0.2) is 18.2 Å². The van der Waals surface area contributed by atoms with Crippen molar-refractivity contribution >= 4 is 11.6 Å². The molecular weight excluding hydrogens is 238 g/mol. The van der Waals surface area contributed by atoms with Gasteiger partial charge >= 0.3 is 0 Å². The summed E-state index contributed by atoms with van der Waals surface area (Å²) in [6, 6.07) is 5.83. The van der Waals surface area contributed by atoms with Gasteiger partial charge in [-0.15, -0.1) is 0 Å². The second-order valence-corrected chi connectivity index (χ2v) is 4.23. The average Bonchev–Trinajstić information content (AvgIpc) is 2.34. The van der Waals surface area contributed by atoms with Gasteiger partial charge in [0.05, 0.1) is 11.6 Å². The van der Waals surface area contributed by atoms with E-state index in [9.17, 15) is 0 Å². The number of hydrogen-bond donors (Lipinski definition) is 2. The fourth-order valence-electron chi connectivity index (χ4n) is 1.44. The summed E-state index contributed by atoms with van der Waals surface area (Å²) in [7, 11) is 0. The van der Waals surface area contributed by atoms with Gasteiger partial charge in [0.15, 0.2) is 0 Å². The summed E-state index contributed by atoms with van der Waals surface area (Å²) in [6.07, 6.45) is 1.60. The first kappa shape index (κ1) is 14.3. The molecule has 0 aliphatic rings. The lowest BCUT2D eigenvalue weighted by atomic mass is 10.2. The Balaban J connectivity index is 2.45. The topological polar surface area (TPSA) is 41.5 Å². The summed E-state index contributed by atoms with van der Waals surface area (Å²) in [5, 5.41) is 12.5. The average molecular weight is 258 g/mol. The van der Waals surface area contributed by atoms with E-state index in [4.69, 9.17) is 21.4 Å². The van der Waals surface area contributed by atoms with Crippen molar-refractivity contribution in [1.29, 1.82) is 0 Å². The predicted molar refractivity (Wildman–Crippen MR) is 70.6 cm³/mol. The number of ether oxygens (including phenoxy) is 1. The molecule has 0 spiro atoms. The van der Waals surface area contributed by atoms with Gasteiger partial charge in [-0.05, 0) is 37.1 Å². The molecule has 0 amide bonds. The smallest absolute Gasteiger partial charge is 0.137 e. The molecule has 0 aliphatic heterocycles. The zero-order valence-electron chi connectivity index (χ0n) is 10.2. The van der Waals surface area contributed by atoms with Crippen molar-refractivity contribution in [3.63, 3.8) is 0 Å². The first-order valence-corrected chi connectivity index (χ1v) is 6.38. The maximum Gasteiger partial charge on any atom is 0.137 e. The quantitative estimate of drug-likeness (QED) is 0.704. The SMILES string of the molecule is CCNCc1ccc(OCCCCO)c(Cl)c1. The normalized spacial score (nSPS) is 10.5. The van der Waals surface area contributed by atoms with Crippen LogP contribution in [0.4, 0.5) is 0 Å². The van der Waals surface area contributed by atoms with Gasteiger partial charge in [0.1, 0.15) is 5.75 Å². The standard InChI is InChI=1S/C13H20ClNO2/c1-2-15-10-11-5-6-13(12(14)9-11)17-8-4-3-7-16/h5-6,9,15-16H,2-4,7-8,10H2,1H3. The minimum Gasteiger partial charge on any atom is -0.492 e. The fourth-order valence-corrected chi connectivity index (χ4v) is 1.69. The third-order valence-corrected chi connectivity index (χ3v) is 2.68. The van der Waals surface area contributed by atoms with Gasteiger partial charge in [-0.3, -0.25) is 0 Å². The summed E-state index contributed by atoms with van der Waals surface area (Å²) < 4.78 is 5.53. The molecule has 0 bridgehead atoms. The van der Waals surface area contributed by atoms with Crippen LogP contribution in [-0.4, -0.2) is 24.9 Å². The summed E-state index contributed by atoms with van der Waals surface area (Å²) in [5.74, 6) is 0.713. The van der Waals surface area contributed by atoms with E-state index in [1.165, 1.54) is 0 Å². The minimum absolute atomic E-state index is 0.207. The van der Waals surface area contributed by atoms with E-state index in [1.807, 2.05) is 18.2 Å². The number of unbranched alkanes of at least 4 members (excludes halogenated alkanes) is 1. The molecule has 0 aromatic heterocycles.